The summed E-state index contributed by atoms with van der Waals surface area (Å²) >= 11 is 0. The Labute approximate surface area is 121 Å². The number of aryl methyl sites for hydroxylation is 1. The summed E-state index contributed by atoms with van der Waals surface area (Å²) in [5, 5.41) is 7.56. The Kier molecular flexibility index (Phi) is 5.59. The van der Waals surface area contributed by atoms with Crippen molar-refractivity contribution in [2.24, 2.45) is 5.92 Å². The van der Waals surface area contributed by atoms with Gasteiger partial charge in [-0.2, -0.15) is 5.10 Å². The zero-order valence-electron chi connectivity index (χ0n) is 12.6. The number of piperidine rings is 1. The quantitative estimate of drug-likeness (QED) is 0.801. The fraction of sp³-hybridized carbons (Fsp3) is 0.733. The molecule has 5 heteroatoms. The third-order valence-corrected chi connectivity index (χ3v) is 3.98. The summed E-state index contributed by atoms with van der Waals surface area (Å²) in [6, 6.07) is 1.73. The number of hydrogen-bond acceptors (Lipinski definition) is 4. The summed E-state index contributed by atoms with van der Waals surface area (Å²) in [4.78, 5) is 14.3. The van der Waals surface area contributed by atoms with Crippen molar-refractivity contribution < 1.29 is 0 Å². The summed E-state index contributed by atoms with van der Waals surface area (Å²) in [5.74, 6) is 0.797. The van der Waals surface area contributed by atoms with Crippen molar-refractivity contribution in [2.45, 2.75) is 39.7 Å². The number of hydrogen-bond donors (Lipinski definition) is 1. The average molecular weight is 278 g/mol. The molecule has 0 unspecified atom stereocenters. The lowest BCUT2D eigenvalue weighted by Crippen LogP contribution is -2.34. The highest BCUT2D eigenvalue weighted by Gasteiger charge is 2.16. The van der Waals surface area contributed by atoms with E-state index in [2.05, 4.69) is 29.2 Å². The fourth-order valence-electron chi connectivity index (χ4n) is 2.56. The molecule has 1 aliphatic rings. The highest BCUT2D eigenvalue weighted by molar-refractivity contribution is 5.43. The van der Waals surface area contributed by atoms with E-state index in [9.17, 15) is 4.79 Å². The second kappa shape index (κ2) is 7.43. The summed E-state index contributed by atoms with van der Waals surface area (Å²) in [7, 11) is 0. The Morgan fingerprint density at radius 1 is 1.40 bits per heavy atom. The van der Waals surface area contributed by atoms with Gasteiger partial charge in [-0.3, -0.25) is 4.79 Å². The minimum Gasteiger partial charge on any atom is -0.370 e. The zero-order chi connectivity index (χ0) is 14.4. The third kappa shape index (κ3) is 4.07. The van der Waals surface area contributed by atoms with Crippen LogP contribution in [0, 0.1) is 5.92 Å². The van der Waals surface area contributed by atoms with Gasteiger partial charge >= 0.3 is 0 Å². The van der Waals surface area contributed by atoms with Gasteiger partial charge in [0.1, 0.15) is 0 Å². The molecule has 0 atom stereocenters. The maximum atomic E-state index is 12.1. The van der Waals surface area contributed by atoms with E-state index < -0.39 is 0 Å². The van der Waals surface area contributed by atoms with Crippen LogP contribution in [0.15, 0.2) is 17.1 Å². The molecule has 0 aromatic carbocycles. The highest BCUT2D eigenvalue weighted by Crippen LogP contribution is 2.20. The van der Waals surface area contributed by atoms with E-state index in [1.165, 1.54) is 12.8 Å². The summed E-state index contributed by atoms with van der Waals surface area (Å²) in [6.07, 6.45) is 5.17. The van der Waals surface area contributed by atoms with Crippen LogP contribution in [0.3, 0.4) is 0 Å². The van der Waals surface area contributed by atoms with Crippen LogP contribution in [-0.2, 0) is 6.54 Å². The van der Waals surface area contributed by atoms with Gasteiger partial charge in [0.25, 0.3) is 5.56 Å². The Balaban J connectivity index is 1.93. The summed E-state index contributed by atoms with van der Waals surface area (Å²) in [6.45, 7) is 9.02. The molecule has 1 N–H and O–H groups in total. The molecule has 0 aliphatic carbocycles. The Bertz CT molecular complexity index is 463. The summed E-state index contributed by atoms with van der Waals surface area (Å²) < 4.78 is 1.56. The van der Waals surface area contributed by atoms with Crippen molar-refractivity contribution in [3.63, 3.8) is 0 Å². The molecule has 0 amide bonds. The van der Waals surface area contributed by atoms with E-state index in [1.807, 2.05) is 6.20 Å². The molecule has 1 saturated heterocycles. The van der Waals surface area contributed by atoms with Crippen molar-refractivity contribution in [2.75, 3.05) is 31.1 Å². The fourth-order valence-corrected chi connectivity index (χ4v) is 2.56. The zero-order valence-corrected chi connectivity index (χ0v) is 12.6. The molecule has 0 radical (unpaired) electrons. The molecule has 1 aromatic heterocycles. The molecule has 2 heterocycles. The van der Waals surface area contributed by atoms with Gasteiger partial charge in [0.2, 0.25) is 0 Å². The molecular weight excluding hydrogens is 252 g/mol. The first kappa shape index (κ1) is 15.0. The lowest BCUT2D eigenvalue weighted by molar-refractivity contribution is 0.437. The van der Waals surface area contributed by atoms with Crippen molar-refractivity contribution in [3.05, 3.63) is 22.6 Å². The van der Waals surface area contributed by atoms with E-state index in [0.717, 1.165) is 44.2 Å². The molecule has 0 bridgehead atoms. The van der Waals surface area contributed by atoms with Crippen molar-refractivity contribution in [1.29, 1.82) is 0 Å². The predicted molar refractivity (Wildman–Crippen MR) is 82.3 cm³/mol. The molecule has 0 saturated carbocycles. The van der Waals surface area contributed by atoms with Crippen LogP contribution in [0.1, 0.15) is 33.1 Å². The third-order valence-electron chi connectivity index (χ3n) is 3.98. The lowest BCUT2D eigenvalue weighted by atomic mass is 9.99. The smallest absolute Gasteiger partial charge is 0.268 e. The molecule has 20 heavy (non-hydrogen) atoms. The summed E-state index contributed by atoms with van der Waals surface area (Å²) in [5.41, 5.74) is 0.988. The Hall–Kier alpha value is -1.36. The first-order valence-electron chi connectivity index (χ1n) is 7.73. The van der Waals surface area contributed by atoms with E-state index >= 15 is 0 Å². The van der Waals surface area contributed by atoms with Crippen LogP contribution in [0.4, 0.5) is 5.69 Å². The largest absolute Gasteiger partial charge is 0.370 e. The van der Waals surface area contributed by atoms with Gasteiger partial charge in [-0.15, -0.1) is 0 Å². The van der Waals surface area contributed by atoms with Crippen LogP contribution in [0.5, 0.6) is 0 Å². The van der Waals surface area contributed by atoms with Gasteiger partial charge in [0.15, 0.2) is 0 Å². The normalized spacial score (nSPS) is 16.6. The van der Waals surface area contributed by atoms with Crippen LogP contribution in [-0.4, -0.2) is 36.0 Å². The van der Waals surface area contributed by atoms with Crippen LogP contribution in [0.2, 0.25) is 0 Å². The van der Waals surface area contributed by atoms with Crippen LogP contribution < -0.4 is 15.8 Å². The Morgan fingerprint density at radius 2 is 2.15 bits per heavy atom. The average Bonchev–Trinajstić information content (AvgIpc) is 2.46. The molecule has 1 aliphatic heterocycles. The van der Waals surface area contributed by atoms with E-state index in [4.69, 9.17) is 0 Å². The molecule has 2 rings (SSSR count). The second-order valence-electron chi connectivity index (χ2n) is 5.65. The van der Waals surface area contributed by atoms with Crippen molar-refractivity contribution in [1.82, 2.24) is 15.1 Å². The van der Waals surface area contributed by atoms with E-state index in [1.54, 1.807) is 10.7 Å². The van der Waals surface area contributed by atoms with Crippen LogP contribution >= 0.6 is 0 Å². The van der Waals surface area contributed by atoms with E-state index in [0.29, 0.717) is 6.54 Å². The lowest BCUT2D eigenvalue weighted by Gasteiger charge is -2.31. The molecule has 112 valence electrons. The number of anilines is 1. The highest BCUT2D eigenvalue weighted by atomic mass is 16.1. The number of aromatic nitrogens is 2. The van der Waals surface area contributed by atoms with Gasteiger partial charge < -0.3 is 10.2 Å². The van der Waals surface area contributed by atoms with Crippen molar-refractivity contribution >= 4 is 5.69 Å². The molecule has 0 spiro atoms. The Morgan fingerprint density at radius 3 is 2.80 bits per heavy atom. The molecule has 1 fully saturated rings. The number of nitrogens with zero attached hydrogens (tertiary/aromatic N) is 3. The molecule has 1 aromatic rings. The van der Waals surface area contributed by atoms with E-state index in [-0.39, 0.29) is 5.56 Å². The topological polar surface area (TPSA) is 50.2 Å². The minimum absolute atomic E-state index is 0.0117. The monoisotopic (exact) mass is 278 g/mol. The SMILES string of the molecule is CCNCCCn1ncc(N2CCC(C)CC2)cc1=O. The van der Waals surface area contributed by atoms with Gasteiger partial charge in [-0.1, -0.05) is 13.8 Å². The first-order chi connectivity index (χ1) is 9.70. The number of nitrogens with one attached hydrogen (secondary N) is 1. The van der Waals surface area contributed by atoms with Gasteiger partial charge in [-0.25, -0.2) is 4.68 Å². The first-order valence-corrected chi connectivity index (χ1v) is 7.73. The predicted octanol–water partition coefficient (Wildman–Crippen LogP) is 1.48. The number of rotatable bonds is 6. The molecule has 5 nitrogen and oxygen atoms in total. The maximum Gasteiger partial charge on any atom is 0.268 e. The second-order valence-corrected chi connectivity index (χ2v) is 5.65. The standard InChI is InChI=1S/C15H26N4O/c1-3-16-7-4-8-19-15(20)11-14(12-17-19)18-9-5-13(2)6-10-18/h11-13,16H,3-10H2,1-2H3. The molecular formula is C15H26N4O. The van der Waals surface area contributed by atoms with Gasteiger partial charge in [-0.05, 0) is 38.3 Å². The minimum atomic E-state index is 0.0117. The van der Waals surface area contributed by atoms with Crippen LogP contribution in [0.25, 0.3) is 0 Å². The van der Waals surface area contributed by atoms with Gasteiger partial charge in [0, 0.05) is 25.7 Å². The van der Waals surface area contributed by atoms with Gasteiger partial charge in [0.05, 0.1) is 11.9 Å². The maximum absolute atomic E-state index is 12.1. The van der Waals surface area contributed by atoms with Crippen molar-refractivity contribution in [3.8, 4) is 0 Å².